The molecule has 0 saturated carbocycles. The van der Waals surface area contributed by atoms with Crippen molar-refractivity contribution in [2.24, 2.45) is 5.92 Å². The van der Waals surface area contributed by atoms with Gasteiger partial charge in [-0.1, -0.05) is 18.2 Å². The molecular formula is C21H32FN5. The van der Waals surface area contributed by atoms with Crippen molar-refractivity contribution in [1.29, 1.82) is 0 Å². The highest BCUT2D eigenvalue weighted by Crippen LogP contribution is 2.21. The van der Waals surface area contributed by atoms with Crippen molar-refractivity contribution in [1.82, 2.24) is 24.7 Å². The van der Waals surface area contributed by atoms with E-state index in [9.17, 15) is 4.39 Å². The van der Waals surface area contributed by atoms with Crippen LogP contribution >= 0.6 is 0 Å². The van der Waals surface area contributed by atoms with E-state index >= 15 is 0 Å². The third-order valence-electron chi connectivity index (χ3n) is 5.26. The fourth-order valence-electron chi connectivity index (χ4n) is 3.85. The van der Waals surface area contributed by atoms with Crippen LogP contribution in [0.4, 0.5) is 4.39 Å². The molecule has 1 aliphatic rings. The number of aromatic amines is 1. The predicted octanol–water partition coefficient (Wildman–Crippen LogP) is 2.82. The summed E-state index contributed by atoms with van der Waals surface area (Å²) in [6.07, 6.45) is 6.12. The largest absolute Gasteiger partial charge is 0.348 e. The Labute approximate surface area is 162 Å². The maximum atomic E-state index is 14.0. The minimum Gasteiger partial charge on any atom is -0.348 e. The van der Waals surface area contributed by atoms with Gasteiger partial charge in [-0.25, -0.2) is 9.37 Å². The smallest absolute Gasteiger partial charge is 0.127 e. The molecule has 1 aromatic carbocycles. The van der Waals surface area contributed by atoms with E-state index in [-0.39, 0.29) is 5.82 Å². The zero-order valence-corrected chi connectivity index (χ0v) is 16.6. The van der Waals surface area contributed by atoms with Crippen molar-refractivity contribution >= 4 is 0 Å². The second-order valence-electron chi connectivity index (χ2n) is 7.91. The van der Waals surface area contributed by atoms with E-state index in [4.69, 9.17) is 0 Å². The summed E-state index contributed by atoms with van der Waals surface area (Å²) in [6.45, 7) is 6.77. The number of aromatic nitrogens is 2. The molecule has 1 fully saturated rings. The van der Waals surface area contributed by atoms with Crippen LogP contribution in [0.3, 0.4) is 0 Å². The summed E-state index contributed by atoms with van der Waals surface area (Å²) in [5.41, 5.74) is 0.804. The lowest BCUT2D eigenvalue weighted by Crippen LogP contribution is -2.42. The topological polar surface area (TPSA) is 38.4 Å². The molecule has 1 N–H and O–H groups in total. The minimum absolute atomic E-state index is 0.0925. The standard InChI is InChI=1S/C21H32FN5/c1-25(2)12-13-27(17-21-23-9-10-24-21)15-18-6-5-11-26(14-18)16-19-7-3-4-8-20(19)22/h3-4,7-10,18H,5-6,11-17H2,1-2H3,(H,23,24). The fraction of sp³-hybridized carbons (Fsp3) is 0.571. The molecule has 148 valence electrons. The first kappa shape index (κ1) is 20.0. The van der Waals surface area contributed by atoms with Crippen LogP contribution in [0.25, 0.3) is 0 Å². The summed E-state index contributed by atoms with van der Waals surface area (Å²) < 4.78 is 14.0. The van der Waals surface area contributed by atoms with Crippen molar-refractivity contribution in [2.75, 3.05) is 46.8 Å². The lowest BCUT2D eigenvalue weighted by Gasteiger charge is -2.36. The summed E-state index contributed by atoms with van der Waals surface area (Å²) in [4.78, 5) is 14.7. The number of hydrogen-bond donors (Lipinski definition) is 1. The number of H-pyrrole nitrogens is 1. The second kappa shape index (κ2) is 9.97. The Morgan fingerprint density at radius 2 is 2.11 bits per heavy atom. The number of likely N-dealkylation sites (tertiary alicyclic amines) is 1. The molecule has 6 heteroatoms. The normalized spacial score (nSPS) is 18.5. The predicted molar refractivity (Wildman–Crippen MR) is 107 cm³/mol. The summed E-state index contributed by atoms with van der Waals surface area (Å²) in [7, 11) is 4.23. The fourth-order valence-corrected chi connectivity index (χ4v) is 3.85. The Balaban J connectivity index is 1.56. The molecule has 27 heavy (non-hydrogen) atoms. The molecule has 2 heterocycles. The van der Waals surface area contributed by atoms with Gasteiger partial charge in [-0.2, -0.15) is 0 Å². The Bertz CT molecular complexity index is 673. The molecule has 0 radical (unpaired) electrons. The Morgan fingerprint density at radius 3 is 2.85 bits per heavy atom. The molecule has 1 aliphatic heterocycles. The van der Waals surface area contributed by atoms with E-state index in [0.29, 0.717) is 12.5 Å². The highest BCUT2D eigenvalue weighted by Gasteiger charge is 2.23. The number of benzene rings is 1. The maximum absolute atomic E-state index is 14.0. The number of piperidine rings is 1. The van der Waals surface area contributed by atoms with E-state index < -0.39 is 0 Å². The highest BCUT2D eigenvalue weighted by atomic mass is 19.1. The van der Waals surface area contributed by atoms with Crippen LogP contribution in [0.5, 0.6) is 0 Å². The number of nitrogens with one attached hydrogen (secondary N) is 1. The van der Waals surface area contributed by atoms with Crippen molar-refractivity contribution in [2.45, 2.75) is 25.9 Å². The van der Waals surface area contributed by atoms with Gasteiger partial charge in [0.15, 0.2) is 0 Å². The molecule has 2 aromatic rings. The Morgan fingerprint density at radius 1 is 1.26 bits per heavy atom. The quantitative estimate of drug-likeness (QED) is 0.734. The van der Waals surface area contributed by atoms with Crippen LogP contribution in [-0.2, 0) is 13.1 Å². The molecule has 1 atom stereocenters. The first-order valence-corrected chi connectivity index (χ1v) is 9.91. The van der Waals surface area contributed by atoms with Gasteiger partial charge in [0.2, 0.25) is 0 Å². The van der Waals surface area contributed by atoms with Gasteiger partial charge >= 0.3 is 0 Å². The summed E-state index contributed by atoms with van der Waals surface area (Å²) in [5.74, 6) is 1.54. The van der Waals surface area contributed by atoms with E-state index in [0.717, 1.165) is 50.7 Å². The molecule has 0 bridgehead atoms. The van der Waals surface area contributed by atoms with Crippen LogP contribution in [0.2, 0.25) is 0 Å². The van der Waals surface area contributed by atoms with Crippen molar-refractivity contribution in [3.8, 4) is 0 Å². The van der Waals surface area contributed by atoms with E-state index in [2.05, 4.69) is 38.8 Å². The molecule has 3 rings (SSSR count). The SMILES string of the molecule is CN(C)CCN(Cc1ncc[nH]1)CC1CCCN(Cc2ccccc2F)C1. The van der Waals surface area contributed by atoms with Gasteiger partial charge in [-0.05, 0) is 45.5 Å². The molecule has 1 unspecified atom stereocenters. The summed E-state index contributed by atoms with van der Waals surface area (Å²) in [6, 6.07) is 7.14. The number of likely N-dealkylation sites (N-methyl/N-ethyl adjacent to an activating group) is 1. The molecule has 5 nitrogen and oxygen atoms in total. The van der Waals surface area contributed by atoms with Gasteiger partial charge in [-0.15, -0.1) is 0 Å². The average Bonchev–Trinajstić information content (AvgIpc) is 3.15. The number of halogens is 1. The van der Waals surface area contributed by atoms with E-state index in [1.54, 1.807) is 12.1 Å². The third kappa shape index (κ3) is 6.41. The first-order chi connectivity index (χ1) is 13.1. The van der Waals surface area contributed by atoms with Crippen LogP contribution in [0.15, 0.2) is 36.7 Å². The zero-order chi connectivity index (χ0) is 19.1. The number of hydrogen-bond acceptors (Lipinski definition) is 4. The number of imidazole rings is 1. The molecule has 0 aliphatic carbocycles. The average molecular weight is 374 g/mol. The molecule has 0 amide bonds. The Kier molecular flexibility index (Phi) is 7.38. The van der Waals surface area contributed by atoms with Gasteiger partial charge < -0.3 is 9.88 Å². The lowest BCUT2D eigenvalue weighted by molar-refractivity contribution is 0.118. The van der Waals surface area contributed by atoms with Crippen molar-refractivity contribution in [3.63, 3.8) is 0 Å². The van der Waals surface area contributed by atoms with Gasteiger partial charge in [0, 0.05) is 50.7 Å². The monoisotopic (exact) mass is 373 g/mol. The van der Waals surface area contributed by atoms with Crippen LogP contribution < -0.4 is 0 Å². The third-order valence-corrected chi connectivity index (χ3v) is 5.26. The van der Waals surface area contributed by atoms with Crippen molar-refractivity contribution < 1.29 is 4.39 Å². The van der Waals surface area contributed by atoms with Crippen LogP contribution in [0.1, 0.15) is 24.2 Å². The summed E-state index contributed by atoms with van der Waals surface area (Å²) >= 11 is 0. The van der Waals surface area contributed by atoms with Gasteiger partial charge in [0.05, 0.1) is 6.54 Å². The van der Waals surface area contributed by atoms with E-state index in [1.165, 1.54) is 12.8 Å². The highest BCUT2D eigenvalue weighted by molar-refractivity contribution is 5.17. The van der Waals surface area contributed by atoms with Gasteiger partial charge in [0.25, 0.3) is 0 Å². The van der Waals surface area contributed by atoms with Crippen LogP contribution in [0, 0.1) is 11.7 Å². The number of nitrogens with zero attached hydrogens (tertiary/aromatic N) is 4. The first-order valence-electron chi connectivity index (χ1n) is 9.91. The van der Waals surface area contributed by atoms with Gasteiger partial charge in [0.1, 0.15) is 11.6 Å². The van der Waals surface area contributed by atoms with Crippen molar-refractivity contribution in [3.05, 3.63) is 53.9 Å². The summed E-state index contributed by atoms with van der Waals surface area (Å²) in [5, 5.41) is 0. The number of rotatable bonds is 9. The minimum atomic E-state index is -0.0925. The molecule has 1 saturated heterocycles. The molecule has 0 spiro atoms. The Hall–Kier alpha value is -1.76. The lowest BCUT2D eigenvalue weighted by atomic mass is 9.96. The molecule has 1 aromatic heterocycles. The maximum Gasteiger partial charge on any atom is 0.127 e. The van der Waals surface area contributed by atoms with Crippen LogP contribution in [-0.4, -0.2) is 71.5 Å². The van der Waals surface area contributed by atoms with E-state index in [1.807, 2.05) is 24.5 Å². The molecular weight excluding hydrogens is 341 g/mol. The zero-order valence-electron chi connectivity index (χ0n) is 16.6. The van der Waals surface area contributed by atoms with Gasteiger partial charge in [-0.3, -0.25) is 9.80 Å². The second-order valence-corrected chi connectivity index (χ2v) is 7.91.